The third-order valence-electron chi connectivity index (χ3n) is 3.45. The number of H-pyrrole nitrogens is 1. The van der Waals surface area contributed by atoms with Crippen LogP contribution in [0.25, 0.3) is 0 Å². The van der Waals surface area contributed by atoms with Gasteiger partial charge in [-0.05, 0) is 49.6 Å². The molecule has 3 N–H and O–H groups in total. The number of hydrogen-bond acceptors (Lipinski definition) is 2. The lowest BCUT2D eigenvalue weighted by atomic mass is 9.99. The zero-order valence-corrected chi connectivity index (χ0v) is 11.6. The van der Waals surface area contributed by atoms with Gasteiger partial charge in [0.25, 0.3) is 0 Å². The minimum Gasteiger partial charge on any atom is -0.492 e. The first-order valence-electron chi connectivity index (χ1n) is 6.74. The molecule has 0 saturated carbocycles. The predicted molar refractivity (Wildman–Crippen MR) is 78.6 cm³/mol. The molecule has 0 aliphatic rings. The average molecular weight is 258 g/mol. The quantitative estimate of drug-likeness (QED) is 0.836. The molecule has 0 bridgehead atoms. The normalized spacial score (nSPS) is 12.4. The molecule has 2 rings (SSSR count). The number of rotatable bonds is 6. The van der Waals surface area contributed by atoms with E-state index in [0.717, 1.165) is 12.2 Å². The van der Waals surface area contributed by atoms with E-state index < -0.39 is 0 Å². The Hall–Kier alpha value is -1.74. The molecule has 0 fully saturated rings. The Morgan fingerprint density at radius 3 is 2.53 bits per heavy atom. The van der Waals surface area contributed by atoms with Crippen molar-refractivity contribution >= 4 is 0 Å². The Morgan fingerprint density at radius 2 is 1.95 bits per heavy atom. The van der Waals surface area contributed by atoms with E-state index in [2.05, 4.69) is 43.1 Å². The Balaban J connectivity index is 2.07. The molecule has 0 radical (unpaired) electrons. The number of hydrogen-bond donors (Lipinski definition) is 2. The standard InChI is InChI=1S/C16H22N2O/c1-12-4-3-5-13(2)16(12)19-11-15(6-8-17)14-7-9-18-10-14/h3-5,7,9-10,15,18H,6,8,11,17H2,1-2H3. The van der Waals surface area contributed by atoms with Crippen molar-refractivity contribution in [2.45, 2.75) is 26.2 Å². The first-order valence-corrected chi connectivity index (χ1v) is 6.74. The molecule has 0 amide bonds. The third kappa shape index (κ3) is 3.38. The van der Waals surface area contributed by atoms with Crippen molar-refractivity contribution in [2.24, 2.45) is 5.73 Å². The molecule has 0 spiro atoms. The molecular weight excluding hydrogens is 236 g/mol. The summed E-state index contributed by atoms with van der Waals surface area (Å²) in [5, 5.41) is 0. The van der Waals surface area contributed by atoms with Crippen LogP contribution in [0.1, 0.15) is 29.0 Å². The summed E-state index contributed by atoms with van der Waals surface area (Å²) in [5.41, 5.74) is 9.32. The molecule has 3 heteroatoms. The van der Waals surface area contributed by atoms with Crippen LogP contribution in [0.4, 0.5) is 0 Å². The highest BCUT2D eigenvalue weighted by atomic mass is 16.5. The molecule has 0 aliphatic carbocycles. The van der Waals surface area contributed by atoms with Crippen LogP contribution in [-0.4, -0.2) is 18.1 Å². The Bertz CT molecular complexity index is 485. The number of benzene rings is 1. The second-order valence-electron chi connectivity index (χ2n) is 4.95. The number of aryl methyl sites for hydroxylation is 2. The summed E-state index contributed by atoms with van der Waals surface area (Å²) in [6.07, 6.45) is 4.90. The number of nitrogens with one attached hydrogen (secondary N) is 1. The summed E-state index contributed by atoms with van der Waals surface area (Å²) < 4.78 is 6.04. The van der Waals surface area contributed by atoms with Gasteiger partial charge in [-0.2, -0.15) is 0 Å². The van der Waals surface area contributed by atoms with Gasteiger partial charge in [0.15, 0.2) is 0 Å². The Labute approximate surface area is 114 Å². The third-order valence-corrected chi connectivity index (χ3v) is 3.45. The predicted octanol–water partition coefficient (Wildman–Crippen LogP) is 3.14. The largest absolute Gasteiger partial charge is 0.492 e. The van der Waals surface area contributed by atoms with Gasteiger partial charge in [0.1, 0.15) is 5.75 Å². The maximum Gasteiger partial charge on any atom is 0.125 e. The summed E-state index contributed by atoms with van der Waals surface area (Å²) in [6.45, 7) is 5.50. The van der Waals surface area contributed by atoms with Gasteiger partial charge >= 0.3 is 0 Å². The van der Waals surface area contributed by atoms with Crippen molar-refractivity contribution in [3.05, 3.63) is 53.3 Å². The van der Waals surface area contributed by atoms with E-state index in [-0.39, 0.29) is 0 Å². The van der Waals surface area contributed by atoms with Gasteiger partial charge < -0.3 is 15.5 Å². The van der Waals surface area contributed by atoms with Gasteiger partial charge in [0.2, 0.25) is 0 Å². The van der Waals surface area contributed by atoms with Crippen molar-refractivity contribution in [3.8, 4) is 5.75 Å². The minimum absolute atomic E-state index is 0.343. The number of nitrogens with two attached hydrogens (primary N) is 1. The van der Waals surface area contributed by atoms with E-state index in [1.54, 1.807) is 0 Å². The van der Waals surface area contributed by atoms with Gasteiger partial charge in [-0.3, -0.25) is 0 Å². The number of aromatic nitrogens is 1. The fraction of sp³-hybridized carbons (Fsp3) is 0.375. The average Bonchev–Trinajstić information content (AvgIpc) is 2.90. The molecule has 102 valence electrons. The molecule has 2 aromatic rings. The lowest BCUT2D eigenvalue weighted by Crippen LogP contribution is -2.15. The monoisotopic (exact) mass is 258 g/mol. The van der Waals surface area contributed by atoms with Crippen LogP contribution in [0.2, 0.25) is 0 Å². The van der Waals surface area contributed by atoms with Crippen molar-refractivity contribution in [2.75, 3.05) is 13.2 Å². The van der Waals surface area contributed by atoms with Gasteiger partial charge in [-0.15, -0.1) is 0 Å². The summed E-state index contributed by atoms with van der Waals surface area (Å²) in [5.74, 6) is 1.34. The lowest BCUT2D eigenvalue weighted by Gasteiger charge is -2.18. The SMILES string of the molecule is Cc1cccc(C)c1OCC(CCN)c1cc[nH]c1. The van der Waals surface area contributed by atoms with Crippen LogP contribution >= 0.6 is 0 Å². The summed E-state index contributed by atoms with van der Waals surface area (Å²) in [4.78, 5) is 3.09. The van der Waals surface area contributed by atoms with Crippen molar-refractivity contribution < 1.29 is 4.74 Å². The van der Waals surface area contributed by atoms with Gasteiger partial charge in [-0.1, -0.05) is 18.2 Å². The smallest absolute Gasteiger partial charge is 0.125 e. The summed E-state index contributed by atoms with van der Waals surface area (Å²) in [7, 11) is 0. The first-order chi connectivity index (χ1) is 9.22. The lowest BCUT2D eigenvalue weighted by molar-refractivity contribution is 0.279. The van der Waals surface area contributed by atoms with Crippen LogP contribution in [0.5, 0.6) is 5.75 Å². The van der Waals surface area contributed by atoms with E-state index in [0.29, 0.717) is 19.1 Å². The first kappa shape index (κ1) is 13.7. The number of aromatic amines is 1. The number of ether oxygens (including phenoxy) is 1. The fourth-order valence-electron chi connectivity index (χ4n) is 2.35. The van der Waals surface area contributed by atoms with E-state index in [1.807, 2.05) is 12.4 Å². The summed E-state index contributed by atoms with van der Waals surface area (Å²) >= 11 is 0. The highest BCUT2D eigenvalue weighted by Gasteiger charge is 2.13. The minimum atomic E-state index is 0.343. The van der Waals surface area contributed by atoms with Gasteiger partial charge in [-0.25, -0.2) is 0 Å². The zero-order valence-electron chi connectivity index (χ0n) is 11.6. The van der Waals surface area contributed by atoms with E-state index in [1.165, 1.54) is 16.7 Å². The summed E-state index contributed by atoms with van der Waals surface area (Å²) in [6, 6.07) is 8.31. The Morgan fingerprint density at radius 1 is 1.21 bits per heavy atom. The molecule has 3 nitrogen and oxygen atoms in total. The van der Waals surface area contributed by atoms with Gasteiger partial charge in [0.05, 0.1) is 6.61 Å². The van der Waals surface area contributed by atoms with Crippen LogP contribution < -0.4 is 10.5 Å². The van der Waals surface area contributed by atoms with Crippen molar-refractivity contribution in [3.63, 3.8) is 0 Å². The molecule has 1 aromatic carbocycles. The van der Waals surface area contributed by atoms with Crippen molar-refractivity contribution in [1.29, 1.82) is 0 Å². The maximum atomic E-state index is 6.04. The van der Waals surface area contributed by atoms with E-state index in [4.69, 9.17) is 10.5 Å². The second-order valence-corrected chi connectivity index (χ2v) is 4.95. The van der Waals surface area contributed by atoms with Crippen LogP contribution in [-0.2, 0) is 0 Å². The van der Waals surface area contributed by atoms with Crippen molar-refractivity contribution in [1.82, 2.24) is 4.98 Å². The molecule has 1 aromatic heterocycles. The molecule has 0 saturated heterocycles. The molecule has 1 unspecified atom stereocenters. The molecular formula is C16H22N2O. The Kier molecular flexibility index (Phi) is 4.63. The fourth-order valence-corrected chi connectivity index (χ4v) is 2.35. The molecule has 1 atom stereocenters. The molecule has 0 aliphatic heterocycles. The maximum absolute atomic E-state index is 6.04. The highest BCUT2D eigenvalue weighted by Crippen LogP contribution is 2.25. The molecule has 19 heavy (non-hydrogen) atoms. The van der Waals surface area contributed by atoms with Gasteiger partial charge in [0, 0.05) is 18.3 Å². The van der Waals surface area contributed by atoms with E-state index in [9.17, 15) is 0 Å². The number of para-hydroxylation sites is 1. The van der Waals surface area contributed by atoms with E-state index >= 15 is 0 Å². The zero-order chi connectivity index (χ0) is 13.7. The highest BCUT2D eigenvalue weighted by molar-refractivity contribution is 5.39. The molecule has 1 heterocycles. The van der Waals surface area contributed by atoms with Crippen LogP contribution in [0.3, 0.4) is 0 Å². The van der Waals surface area contributed by atoms with Crippen LogP contribution in [0, 0.1) is 13.8 Å². The second kappa shape index (κ2) is 6.43. The topological polar surface area (TPSA) is 51.0 Å². The van der Waals surface area contributed by atoms with Crippen LogP contribution in [0.15, 0.2) is 36.7 Å².